The van der Waals surface area contributed by atoms with Gasteiger partial charge in [0.05, 0.1) is 42.3 Å². The van der Waals surface area contributed by atoms with E-state index in [9.17, 15) is 22.8 Å². The zero-order chi connectivity index (χ0) is 23.6. The molecule has 1 atom stereocenters. The Bertz CT molecular complexity index is 1170. The number of ether oxygens (including phenoxy) is 2. The standard InChI is InChI=1S/C20H23N3O7S2/c1-5-15(24)22-18-16-11(9-31-18)19(25)23(20(16)26)13(10-32(4,27)28)12-7-8-14(29-3)17(21-12)30-6-2/h7-9,13H,5-6,10H2,1-4H3,(H,22,24)/t13-/m1/s1. The summed E-state index contributed by atoms with van der Waals surface area (Å²) >= 11 is 1.07. The number of nitrogens with zero attached hydrogens (tertiary/aromatic N) is 2. The van der Waals surface area contributed by atoms with Crippen molar-refractivity contribution in [2.45, 2.75) is 26.3 Å². The number of nitrogens with one attached hydrogen (secondary N) is 1. The van der Waals surface area contributed by atoms with Crippen LogP contribution in [0.3, 0.4) is 0 Å². The van der Waals surface area contributed by atoms with E-state index in [0.29, 0.717) is 5.75 Å². The summed E-state index contributed by atoms with van der Waals surface area (Å²) in [6.07, 6.45) is 1.21. The Hall–Kier alpha value is -2.99. The van der Waals surface area contributed by atoms with E-state index in [4.69, 9.17) is 9.47 Å². The average molecular weight is 482 g/mol. The van der Waals surface area contributed by atoms with Crippen LogP contribution in [-0.4, -0.2) is 61.7 Å². The van der Waals surface area contributed by atoms with Crippen molar-refractivity contribution in [3.63, 3.8) is 0 Å². The molecule has 0 radical (unpaired) electrons. The number of fused-ring (bicyclic) bond motifs is 1. The summed E-state index contributed by atoms with van der Waals surface area (Å²) in [5, 5.41) is 4.35. The van der Waals surface area contributed by atoms with Gasteiger partial charge in [-0.3, -0.25) is 19.3 Å². The summed E-state index contributed by atoms with van der Waals surface area (Å²) < 4.78 is 35.1. The first kappa shape index (κ1) is 23.7. The van der Waals surface area contributed by atoms with Crippen molar-refractivity contribution in [1.29, 1.82) is 0 Å². The molecule has 3 amide bonds. The monoisotopic (exact) mass is 481 g/mol. The van der Waals surface area contributed by atoms with Crippen LogP contribution in [0.15, 0.2) is 17.5 Å². The van der Waals surface area contributed by atoms with Crippen LogP contribution in [0.5, 0.6) is 11.6 Å². The number of imide groups is 1. The third-order valence-corrected chi connectivity index (χ3v) is 6.53. The van der Waals surface area contributed by atoms with Gasteiger partial charge in [0.2, 0.25) is 5.91 Å². The van der Waals surface area contributed by atoms with E-state index < -0.39 is 33.4 Å². The molecule has 0 spiro atoms. The second-order valence-electron chi connectivity index (χ2n) is 7.02. The van der Waals surface area contributed by atoms with Gasteiger partial charge in [-0.2, -0.15) is 0 Å². The Labute approximate surface area is 189 Å². The van der Waals surface area contributed by atoms with Crippen LogP contribution < -0.4 is 14.8 Å². The summed E-state index contributed by atoms with van der Waals surface area (Å²) in [6, 6.07) is 1.83. The molecule has 0 aliphatic carbocycles. The average Bonchev–Trinajstić information content (AvgIpc) is 3.25. The fourth-order valence-corrected chi connectivity index (χ4v) is 5.10. The van der Waals surface area contributed by atoms with E-state index in [0.717, 1.165) is 22.5 Å². The zero-order valence-electron chi connectivity index (χ0n) is 18.0. The number of rotatable bonds is 9. The lowest BCUT2D eigenvalue weighted by molar-refractivity contribution is -0.115. The molecule has 172 valence electrons. The minimum absolute atomic E-state index is 0.0545. The number of methoxy groups -OCH3 is 1. The van der Waals surface area contributed by atoms with Gasteiger partial charge in [-0.05, 0) is 19.1 Å². The Kier molecular flexibility index (Phi) is 6.84. The molecule has 0 bridgehead atoms. The normalized spacial score (nSPS) is 14.3. The maximum Gasteiger partial charge on any atom is 0.265 e. The summed E-state index contributed by atoms with van der Waals surface area (Å²) in [4.78, 5) is 43.4. The molecule has 3 rings (SSSR count). The third kappa shape index (κ3) is 4.60. The minimum Gasteiger partial charge on any atom is -0.491 e. The Balaban J connectivity index is 2.07. The summed E-state index contributed by atoms with van der Waals surface area (Å²) in [5.74, 6) is -1.73. The fourth-order valence-electron chi connectivity index (χ4n) is 3.26. The molecule has 2 aromatic rings. The first-order chi connectivity index (χ1) is 15.1. The van der Waals surface area contributed by atoms with Crippen LogP contribution in [0.2, 0.25) is 0 Å². The highest BCUT2D eigenvalue weighted by molar-refractivity contribution is 7.90. The number of pyridine rings is 1. The Morgan fingerprint density at radius 2 is 1.97 bits per heavy atom. The summed E-state index contributed by atoms with van der Waals surface area (Å²) in [5.41, 5.74) is 0.330. The maximum atomic E-state index is 13.3. The SMILES string of the molecule is CCOc1nc([C@@H](CS(C)(=O)=O)N2C(=O)c3csc(NC(=O)CC)c3C2=O)ccc1OC. The highest BCUT2D eigenvalue weighted by Crippen LogP contribution is 2.40. The number of hydrogen-bond donors (Lipinski definition) is 1. The maximum absolute atomic E-state index is 13.3. The molecule has 0 fully saturated rings. The number of aromatic nitrogens is 1. The van der Waals surface area contributed by atoms with E-state index in [1.165, 1.54) is 24.6 Å². The van der Waals surface area contributed by atoms with Crippen molar-refractivity contribution >= 4 is 43.9 Å². The predicted octanol–water partition coefficient (Wildman–Crippen LogP) is 2.28. The van der Waals surface area contributed by atoms with Crippen molar-refractivity contribution in [3.8, 4) is 11.6 Å². The van der Waals surface area contributed by atoms with Crippen molar-refractivity contribution in [2.75, 3.05) is 31.0 Å². The number of amides is 3. The smallest absolute Gasteiger partial charge is 0.265 e. The molecular formula is C20H23N3O7S2. The quantitative estimate of drug-likeness (QED) is 0.540. The molecule has 0 saturated carbocycles. The van der Waals surface area contributed by atoms with Crippen molar-refractivity contribution in [1.82, 2.24) is 9.88 Å². The van der Waals surface area contributed by atoms with Crippen LogP contribution in [0.4, 0.5) is 5.00 Å². The van der Waals surface area contributed by atoms with E-state index in [1.54, 1.807) is 13.8 Å². The van der Waals surface area contributed by atoms with Gasteiger partial charge in [0.1, 0.15) is 14.8 Å². The predicted molar refractivity (Wildman–Crippen MR) is 118 cm³/mol. The number of thiophene rings is 1. The number of anilines is 1. The Morgan fingerprint density at radius 1 is 1.25 bits per heavy atom. The molecule has 12 heteroatoms. The van der Waals surface area contributed by atoms with E-state index in [-0.39, 0.29) is 46.6 Å². The zero-order valence-corrected chi connectivity index (χ0v) is 19.6. The molecule has 0 unspecified atom stereocenters. The highest BCUT2D eigenvalue weighted by Gasteiger charge is 2.45. The molecule has 0 aromatic carbocycles. The van der Waals surface area contributed by atoms with E-state index in [1.807, 2.05) is 0 Å². The van der Waals surface area contributed by atoms with Gasteiger partial charge < -0.3 is 14.8 Å². The van der Waals surface area contributed by atoms with E-state index in [2.05, 4.69) is 10.3 Å². The van der Waals surface area contributed by atoms with Gasteiger partial charge in [-0.1, -0.05) is 6.92 Å². The molecule has 1 N–H and O–H groups in total. The largest absolute Gasteiger partial charge is 0.491 e. The Morgan fingerprint density at radius 3 is 2.56 bits per heavy atom. The van der Waals surface area contributed by atoms with Gasteiger partial charge >= 0.3 is 0 Å². The number of hydrogen-bond acceptors (Lipinski definition) is 9. The number of sulfone groups is 1. The second kappa shape index (κ2) is 9.25. The van der Waals surface area contributed by atoms with Crippen LogP contribution in [0.25, 0.3) is 0 Å². The van der Waals surface area contributed by atoms with Crippen molar-refractivity contribution in [2.24, 2.45) is 0 Å². The molecule has 3 heterocycles. The number of carbonyl (C=O) groups is 3. The summed E-state index contributed by atoms with van der Waals surface area (Å²) in [7, 11) is -2.19. The molecule has 32 heavy (non-hydrogen) atoms. The van der Waals surface area contributed by atoms with Gasteiger partial charge in [-0.15, -0.1) is 11.3 Å². The van der Waals surface area contributed by atoms with Crippen LogP contribution in [-0.2, 0) is 14.6 Å². The molecule has 1 aliphatic rings. The summed E-state index contributed by atoms with van der Waals surface area (Å²) in [6.45, 7) is 3.69. The molecular weight excluding hydrogens is 458 g/mol. The van der Waals surface area contributed by atoms with Crippen LogP contribution in [0.1, 0.15) is 52.7 Å². The second-order valence-corrected chi connectivity index (χ2v) is 10.1. The van der Waals surface area contributed by atoms with Gasteiger partial charge in [0.25, 0.3) is 17.7 Å². The van der Waals surface area contributed by atoms with Gasteiger partial charge in [-0.25, -0.2) is 13.4 Å². The molecule has 1 aliphatic heterocycles. The van der Waals surface area contributed by atoms with Crippen LogP contribution in [0, 0.1) is 0 Å². The van der Waals surface area contributed by atoms with E-state index >= 15 is 0 Å². The molecule has 2 aromatic heterocycles. The van der Waals surface area contributed by atoms with Crippen LogP contribution >= 0.6 is 11.3 Å². The molecule has 0 saturated heterocycles. The lowest BCUT2D eigenvalue weighted by atomic mass is 10.1. The fraction of sp³-hybridized carbons (Fsp3) is 0.400. The lowest BCUT2D eigenvalue weighted by Crippen LogP contribution is -2.38. The van der Waals surface area contributed by atoms with Crippen molar-refractivity contribution < 1.29 is 32.3 Å². The first-order valence-electron chi connectivity index (χ1n) is 9.75. The first-order valence-corrected chi connectivity index (χ1v) is 12.7. The third-order valence-electron chi connectivity index (χ3n) is 4.71. The lowest BCUT2D eigenvalue weighted by Gasteiger charge is -2.26. The minimum atomic E-state index is -3.63. The molecule has 10 nitrogen and oxygen atoms in total. The topological polar surface area (TPSA) is 132 Å². The van der Waals surface area contributed by atoms with Crippen molar-refractivity contribution in [3.05, 3.63) is 34.3 Å². The van der Waals surface area contributed by atoms with Gasteiger partial charge in [0.15, 0.2) is 5.75 Å². The van der Waals surface area contributed by atoms with Gasteiger partial charge in [0, 0.05) is 18.1 Å². The highest BCUT2D eigenvalue weighted by atomic mass is 32.2. The number of carbonyl (C=O) groups excluding carboxylic acids is 3.